The molecule has 0 saturated carbocycles. The zero-order chi connectivity index (χ0) is 15.5. The Bertz CT molecular complexity index is 790. The maximum Gasteiger partial charge on any atom is 0.273 e. The SMILES string of the molecule is CCCn1ncnc1C(C)NC(=O)c1n[nH]c2ccccc12. The van der Waals surface area contributed by atoms with E-state index in [1.807, 2.05) is 35.9 Å². The number of fused-ring (bicyclic) bond motifs is 1. The number of rotatable bonds is 5. The lowest BCUT2D eigenvalue weighted by Gasteiger charge is -2.13. The molecule has 22 heavy (non-hydrogen) atoms. The lowest BCUT2D eigenvalue weighted by atomic mass is 10.2. The summed E-state index contributed by atoms with van der Waals surface area (Å²) >= 11 is 0. The number of amides is 1. The first-order chi connectivity index (χ1) is 10.7. The van der Waals surface area contributed by atoms with Gasteiger partial charge < -0.3 is 5.32 Å². The van der Waals surface area contributed by atoms with Gasteiger partial charge in [-0.3, -0.25) is 9.89 Å². The number of aromatic nitrogens is 5. The van der Waals surface area contributed by atoms with E-state index in [-0.39, 0.29) is 11.9 Å². The smallest absolute Gasteiger partial charge is 0.273 e. The topological polar surface area (TPSA) is 88.5 Å². The number of benzene rings is 1. The molecule has 1 amide bonds. The van der Waals surface area contributed by atoms with Gasteiger partial charge >= 0.3 is 0 Å². The molecule has 0 aliphatic heterocycles. The Morgan fingerprint density at radius 1 is 1.41 bits per heavy atom. The maximum absolute atomic E-state index is 12.4. The summed E-state index contributed by atoms with van der Waals surface area (Å²) in [5.74, 6) is 0.519. The van der Waals surface area contributed by atoms with E-state index >= 15 is 0 Å². The number of hydrogen-bond acceptors (Lipinski definition) is 4. The molecule has 7 heteroatoms. The highest BCUT2D eigenvalue weighted by Crippen LogP contribution is 2.16. The Hall–Kier alpha value is -2.70. The maximum atomic E-state index is 12.4. The minimum Gasteiger partial charge on any atom is -0.341 e. The molecule has 0 fully saturated rings. The van der Waals surface area contributed by atoms with Crippen molar-refractivity contribution in [2.24, 2.45) is 0 Å². The van der Waals surface area contributed by atoms with Gasteiger partial charge in [0.25, 0.3) is 5.91 Å². The number of H-pyrrole nitrogens is 1. The van der Waals surface area contributed by atoms with Crippen LogP contribution in [0.15, 0.2) is 30.6 Å². The van der Waals surface area contributed by atoms with Gasteiger partial charge in [-0.05, 0) is 19.4 Å². The van der Waals surface area contributed by atoms with Gasteiger partial charge in [-0.25, -0.2) is 9.67 Å². The third kappa shape index (κ3) is 2.57. The summed E-state index contributed by atoms with van der Waals surface area (Å²) in [5.41, 5.74) is 1.23. The third-order valence-corrected chi connectivity index (χ3v) is 3.50. The summed E-state index contributed by atoms with van der Waals surface area (Å²) in [7, 11) is 0. The Kier molecular flexibility index (Phi) is 3.86. The summed E-state index contributed by atoms with van der Waals surface area (Å²) in [6.07, 6.45) is 2.47. The molecule has 0 aliphatic rings. The number of carbonyl (C=O) groups excluding carboxylic acids is 1. The highest BCUT2D eigenvalue weighted by molar-refractivity contribution is 6.04. The molecular formula is C15H18N6O. The second-order valence-corrected chi connectivity index (χ2v) is 5.15. The van der Waals surface area contributed by atoms with E-state index in [1.165, 1.54) is 6.33 Å². The Labute approximate surface area is 127 Å². The van der Waals surface area contributed by atoms with Gasteiger partial charge in [-0.2, -0.15) is 10.2 Å². The van der Waals surface area contributed by atoms with Crippen molar-refractivity contribution < 1.29 is 4.79 Å². The molecule has 2 N–H and O–H groups in total. The highest BCUT2D eigenvalue weighted by Gasteiger charge is 2.19. The molecule has 2 aromatic heterocycles. The van der Waals surface area contributed by atoms with E-state index in [9.17, 15) is 4.79 Å². The van der Waals surface area contributed by atoms with E-state index in [4.69, 9.17) is 0 Å². The van der Waals surface area contributed by atoms with Crippen LogP contribution in [0.3, 0.4) is 0 Å². The first-order valence-corrected chi connectivity index (χ1v) is 7.32. The lowest BCUT2D eigenvalue weighted by Crippen LogP contribution is -2.29. The van der Waals surface area contributed by atoms with Crippen molar-refractivity contribution in [3.8, 4) is 0 Å². The minimum absolute atomic E-state index is 0.226. The molecule has 3 rings (SSSR count). The zero-order valence-corrected chi connectivity index (χ0v) is 12.6. The van der Waals surface area contributed by atoms with Crippen molar-refractivity contribution in [1.29, 1.82) is 0 Å². The van der Waals surface area contributed by atoms with Gasteiger partial charge in [-0.1, -0.05) is 25.1 Å². The predicted octanol–water partition coefficient (Wildman–Crippen LogP) is 2.06. The zero-order valence-electron chi connectivity index (χ0n) is 12.6. The quantitative estimate of drug-likeness (QED) is 0.754. The number of aromatic amines is 1. The Morgan fingerprint density at radius 2 is 2.23 bits per heavy atom. The van der Waals surface area contributed by atoms with Gasteiger partial charge in [0.1, 0.15) is 12.2 Å². The van der Waals surface area contributed by atoms with E-state index < -0.39 is 0 Å². The van der Waals surface area contributed by atoms with Crippen molar-refractivity contribution in [1.82, 2.24) is 30.3 Å². The molecule has 1 atom stereocenters. The van der Waals surface area contributed by atoms with Crippen molar-refractivity contribution in [2.75, 3.05) is 0 Å². The van der Waals surface area contributed by atoms with Crippen LogP contribution in [0.1, 0.15) is 42.6 Å². The van der Waals surface area contributed by atoms with Crippen LogP contribution in [0.5, 0.6) is 0 Å². The number of carbonyl (C=O) groups is 1. The molecule has 0 spiro atoms. The normalized spacial score (nSPS) is 12.5. The molecule has 3 aromatic rings. The van der Waals surface area contributed by atoms with Crippen LogP contribution in [-0.2, 0) is 6.54 Å². The van der Waals surface area contributed by atoms with Crippen LogP contribution in [0.25, 0.3) is 10.9 Å². The van der Waals surface area contributed by atoms with Gasteiger partial charge in [-0.15, -0.1) is 0 Å². The fourth-order valence-corrected chi connectivity index (χ4v) is 2.46. The minimum atomic E-state index is -0.239. The fourth-order valence-electron chi connectivity index (χ4n) is 2.46. The molecule has 7 nitrogen and oxygen atoms in total. The van der Waals surface area contributed by atoms with E-state index in [1.54, 1.807) is 0 Å². The largest absolute Gasteiger partial charge is 0.341 e. The summed E-state index contributed by atoms with van der Waals surface area (Å²) in [6.45, 7) is 4.74. The van der Waals surface area contributed by atoms with E-state index in [2.05, 4.69) is 32.5 Å². The number of nitrogens with zero attached hydrogens (tertiary/aromatic N) is 4. The Morgan fingerprint density at radius 3 is 3.05 bits per heavy atom. The van der Waals surface area contributed by atoms with E-state index in [0.717, 1.165) is 29.7 Å². The Balaban J connectivity index is 1.80. The van der Waals surface area contributed by atoms with E-state index in [0.29, 0.717) is 5.69 Å². The fraction of sp³-hybridized carbons (Fsp3) is 0.333. The molecular weight excluding hydrogens is 280 g/mol. The first kappa shape index (κ1) is 14.2. The standard InChI is InChI=1S/C15H18N6O/c1-3-8-21-14(16-9-17-21)10(2)18-15(22)13-11-6-4-5-7-12(11)19-20-13/h4-7,9-10H,3,8H2,1-2H3,(H,18,22)(H,19,20). The molecule has 114 valence electrons. The summed E-state index contributed by atoms with van der Waals surface area (Å²) in [5, 5.41) is 14.9. The molecule has 0 radical (unpaired) electrons. The van der Waals surface area contributed by atoms with Gasteiger partial charge in [0.15, 0.2) is 5.69 Å². The second kappa shape index (κ2) is 5.97. The molecule has 0 saturated heterocycles. The highest BCUT2D eigenvalue weighted by atomic mass is 16.2. The average Bonchev–Trinajstić information content (AvgIpc) is 3.13. The number of hydrogen-bond donors (Lipinski definition) is 2. The van der Waals surface area contributed by atoms with Crippen LogP contribution < -0.4 is 5.32 Å². The lowest BCUT2D eigenvalue weighted by molar-refractivity contribution is 0.0934. The van der Waals surface area contributed by atoms with Crippen molar-refractivity contribution in [3.05, 3.63) is 42.1 Å². The number of aryl methyl sites for hydroxylation is 1. The van der Waals surface area contributed by atoms with Crippen LogP contribution in [0.4, 0.5) is 0 Å². The molecule has 2 heterocycles. The van der Waals surface area contributed by atoms with Crippen molar-refractivity contribution in [3.63, 3.8) is 0 Å². The van der Waals surface area contributed by atoms with Crippen LogP contribution in [0, 0.1) is 0 Å². The molecule has 1 unspecified atom stereocenters. The summed E-state index contributed by atoms with van der Waals surface area (Å²) in [4.78, 5) is 16.7. The summed E-state index contributed by atoms with van der Waals surface area (Å²) < 4.78 is 1.81. The molecule has 0 bridgehead atoms. The van der Waals surface area contributed by atoms with Crippen LogP contribution in [0.2, 0.25) is 0 Å². The molecule has 1 aromatic carbocycles. The van der Waals surface area contributed by atoms with Crippen LogP contribution in [-0.4, -0.2) is 30.9 Å². The van der Waals surface area contributed by atoms with Crippen molar-refractivity contribution in [2.45, 2.75) is 32.9 Å². The second-order valence-electron chi connectivity index (χ2n) is 5.15. The monoisotopic (exact) mass is 298 g/mol. The van der Waals surface area contributed by atoms with Crippen LogP contribution >= 0.6 is 0 Å². The predicted molar refractivity (Wildman–Crippen MR) is 82.3 cm³/mol. The first-order valence-electron chi connectivity index (χ1n) is 7.32. The number of para-hydroxylation sites is 1. The van der Waals surface area contributed by atoms with Gasteiger partial charge in [0, 0.05) is 11.9 Å². The molecule has 0 aliphatic carbocycles. The third-order valence-electron chi connectivity index (χ3n) is 3.50. The number of nitrogens with one attached hydrogen (secondary N) is 2. The average molecular weight is 298 g/mol. The van der Waals surface area contributed by atoms with Crippen molar-refractivity contribution >= 4 is 16.8 Å². The van der Waals surface area contributed by atoms with Gasteiger partial charge in [0.05, 0.1) is 11.6 Å². The van der Waals surface area contributed by atoms with Gasteiger partial charge in [0.2, 0.25) is 0 Å². The summed E-state index contributed by atoms with van der Waals surface area (Å²) in [6, 6.07) is 7.31.